The highest BCUT2D eigenvalue weighted by Gasteiger charge is 2.11. The molecule has 0 aliphatic heterocycles. The summed E-state index contributed by atoms with van der Waals surface area (Å²) in [4.78, 5) is 2.51. The maximum Gasteiger partial charge on any atom is 0.119 e. The van der Waals surface area contributed by atoms with Gasteiger partial charge in [0.1, 0.15) is 12.4 Å². The van der Waals surface area contributed by atoms with E-state index in [1.165, 1.54) is 11.1 Å². The van der Waals surface area contributed by atoms with Gasteiger partial charge in [-0.25, -0.2) is 0 Å². The van der Waals surface area contributed by atoms with E-state index >= 15 is 0 Å². The number of hydrogen-bond donors (Lipinski definition) is 1. The van der Waals surface area contributed by atoms with Gasteiger partial charge in [-0.15, -0.1) is 0 Å². The lowest BCUT2D eigenvalue weighted by molar-refractivity contribution is 0.176. The molecule has 0 aliphatic rings. The molecule has 3 nitrogen and oxygen atoms in total. The van der Waals surface area contributed by atoms with Crippen LogP contribution < -0.4 is 10.1 Å². The highest BCUT2D eigenvalue weighted by atomic mass is 16.5. The van der Waals surface area contributed by atoms with E-state index in [1.807, 2.05) is 18.2 Å². The Labute approximate surface area is 153 Å². The molecule has 0 spiro atoms. The number of rotatable bonds is 10. The van der Waals surface area contributed by atoms with Crippen molar-refractivity contribution >= 4 is 0 Å². The van der Waals surface area contributed by atoms with Crippen LogP contribution in [-0.2, 0) is 13.2 Å². The lowest BCUT2D eigenvalue weighted by Gasteiger charge is -2.30. The molecule has 0 fully saturated rings. The van der Waals surface area contributed by atoms with E-state index in [-0.39, 0.29) is 0 Å². The van der Waals surface area contributed by atoms with Gasteiger partial charge >= 0.3 is 0 Å². The van der Waals surface area contributed by atoms with E-state index < -0.39 is 0 Å². The Morgan fingerprint density at radius 2 is 1.48 bits per heavy atom. The maximum atomic E-state index is 5.83. The number of ether oxygens (including phenoxy) is 1. The Morgan fingerprint density at radius 1 is 0.840 bits per heavy atom. The van der Waals surface area contributed by atoms with Crippen LogP contribution in [0.15, 0.2) is 54.6 Å². The zero-order valence-corrected chi connectivity index (χ0v) is 16.0. The molecule has 136 valence electrons. The highest BCUT2D eigenvalue weighted by Crippen LogP contribution is 2.14. The molecule has 2 aromatic rings. The Hall–Kier alpha value is -1.84. The minimum absolute atomic E-state index is 0.586. The van der Waals surface area contributed by atoms with Gasteiger partial charge in [-0.3, -0.25) is 4.90 Å². The molecule has 0 saturated carbocycles. The van der Waals surface area contributed by atoms with Crippen LogP contribution in [0.25, 0.3) is 0 Å². The van der Waals surface area contributed by atoms with Crippen molar-refractivity contribution in [2.45, 2.75) is 52.9 Å². The monoisotopic (exact) mass is 340 g/mol. The van der Waals surface area contributed by atoms with E-state index in [4.69, 9.17) is 4.74 Å². The van der Waals surface area contributed by atoms with Crippen LogP contribution in [0, 0.1) is 0 Å². The second-order valence-corrected chi connectivity index (χ2v) is 7.02. The summed E-state index contributed by atoms with van der Waals surface area (Å²) < 4.78 is 5.83. The van der Waals surface area contributed by atoms with Crippen LogP contribution in [-0.4, -0.2) is 30.1 Å². The number of nitrogens with one attached hydrogen (secondary N) is 1. The van der Waals surface area contributed by atoms with Crippen molar-refractivity contribution in [1.29, 1.82) is 0 Å². The van der Waals surface area contributed by atoms with Crippen molar-refractivity contribution in [2.75, 3.05) is 13.1 Å². The van der Waals surface area contributed by atoms with E-state index in [1.54, 1.807) is 0 Å². The lowest BCUT2D eigenvalue weighted by atomic mass is 10.2. The molecule has 1 N–H and O–H groups in total. The first kappa shape index (κ1) is 19.5. The quantitative estimate of drug-likeness (QED) is 0.646. The smallest absolute Gasteiger partial charge is 0.119 e. The van der Waals surface area contributed by atoms with Crippen LogP contribution >= 0.6 is 0 Å². The summed E-state index contributed by atoms with van der Waals surface area (Å²) >= 11 is 0. The van der Waals surface area contributed by atoms with E-state index in [2.05, 4.69) is 74.3 Å². The van der Waals surface area contributed by atoms with Gasteiger partial charge in [-0.2, -0.15) is 0 Å². The summed E-state index contributed by atoms with van der Waals surface area (Å²) in [5, 5.41) is 3.54. The molecule has 0 atom stereocenters. The highest BCUT2D eigenvalue weighted by molar-refractivity contribution is 5.27. The van der Waals surface area contributed by atoms with Gasteiger partial charge in [0.2, 0.25) is 0 Å². The van der Waals surface area contributed by atoms with E-state index in [9.17, 15) is 0 Å². The third kappa shape index (κ3) is 6.89. The first-order chi connectivity index (χ1) is 12.1. The molecule has 0 saturated heterocycles. The molecule has 2 rings (SSSR count). The van der Waals surface area contributed by atoms with Crippen LogP contribution in [0.2, 0.25) is 0 Å². The first-order valence-electron chi connectivity index (χ1n) is 9.28. The Morgan fingerprint density at radius 3 is 2.08 bits per heavy atom. The Balaban J connectivity index is 1.71. The molecular weight excluding hydrogens is 308 g/mol. The Kier molecular flexibility index (Phi) is 7.96. The molecule has 0 radical (unpaired) electrons. The van der Waals surface area contributed by atoms with Crippen LogP contribution in [0.1, 0.15) is 38.8 Å². The van der Waals surface area contributed by atoms with Crippen molar-refractivity contribution in [3.63, 3.8) is 0 Å². The van der Waals surface area contributed by atoms with Gasteiger partial charge in [0.15, 0.2) is 0 Å². The van der Waals surface area contributed by atoms with Crippen molar-refractivity contribution in [3.8, 4) is 5.75 Å². The fraction of sp³-hybridized carbons (Fsp3) is 0.455. The molecule has 0 bridgehead atoms. The summed E-state index contributed by atoms with van der Waals surface area (Å²) in [7, 11) is 0. The van der Waals surface area contributed by atoms with Crippen molar-refractivity contribution < 1.29 is 4.74 Å². The van der Waals surface area contributed by atoms with Crippen molar-refractivity contribution in [2.24, 2.45) is 0 Å². The van der Waals surface area contributed by atoms with Crippen molar-refractivity contribution in [1.82, 2.24) is 10.2 Å². The van der Waals surface area contributed by atoms with Crippen molar-refractivity contribution in [3.05, 3.63) is 65.7 Å². The lowest BCUT2D eigenvalue weighted by Crippen LogP contribution is -2.41. The molecule has 3 heteroatoms. The number of hydrogen-bond acceptors (Lipinski definition) is 3. The zero-order chi connectivity index (χ0) is 18.1. The summed E-state index contributed by atoms with van der Waals surface area (Å²) in [6.07, 6.45) is 0. The topological polar surface area (TPSA) is 24.5 Å². The average Bonchev–Trinajstić information content (AvgIpc) is 2.61. The maximum absolute atomic E-state index is 5.83. The second-order valence-electron chi connectivity index (χ2n) is 7.02. The van der Waals surface area contributed by atoms with Gasteiger partial charge < -0.3 is 10.1 Å². The van der Waals surface area contributed by atoms with Gasteiger partial charge in [0.05, 0.1) is 0 Å². The molecule has 0 unspecified atom stereocenters. The fourth-order valence-electron chi connectivity index (χ4n) is 3.00. The molecule has 0 heterocycles. The largest absolute Gasteiger partial charge is 0.489 e. The minimum Gasteiger partial charge on any atom is -0.489 e. The third-order valence-electron chi connectivity index (χ3n) is 4.37. The van der Waals surface area contributed by atoms with Gasteiger partial charge in [-0.1, -0.05) is 42.5 Å². The van der Waals surface area contributed by atoms with Gasteiger partial charge in [-0.05, 0) is 51.0 Å². The first-order valence-corrected chi connectivity index (χ1v) is 9.28. The number of benzene rings is 2. The number of nitrogens with zero attached hydrogens (tertiary/aromatic N) is 1. The van der Waals surface area contributed by atoms with Crippen LogP contribution in [0.4, 0.5) is 0 Å². The average molecular weight is 341 g/mol. The molecule has 25 heavy (non-hydrogen) atoms. The Bertz CT molecular complexity index is 585. The molecule has 0 amide bonds. The standard InChI is InChI=1S/C22H32N2O/c1-18(2)24(19(3)4)15-14-23-16-20-10-12-22(13-11-20)25-17-21-8-6-5-7-9-21/h5-13,18-19,23H,14-17H2,1-4H3. The second kappa shape index (κ2) is 10.2. The van der Waals surface area contributed by atoms with Gasteiger partial charge in [0.25, 0.3) is 0 Å². The SMILES string of the molecule is CC(C)N(CCNCc1ccc(OCc2ccccc2)cc1)C(C)C. The summed E-state index contributed by atoms with van der Waals surface area (Å²) in [6.45, 7) is 12.6. The molecule has 0 aliphatic carbocycles. The predicted molar refractivity (Wildman–Crippen MR) is 106 cm³/mol. The van der Waals surface area contributed by atoms with E-state index in [0.29, 0.717) is 18.7 Å². The van der Waals surface area contributed by atoms with Gasteiger partial charge in [0, 0.05) is 31.7 Å². The third-order valence-corrected chi connectivity index (χ3v) is 4.37. The van der Waals surface area contributed by atoms with Crippen LogP contribution in [0.3, 0.4) is 0 Å². The summed E-state index contributed by atoms with van der Waals surface area (Å²) in [6, 6.07) is 19.8. The summed E-state index contributed by atoms with van der Waals surface area (Å²) in [5.74, 6) is 0.915. The fourth-order valence-corrected chi connectivity index (χ4v) is 3.00. The molecule has 0 aromatic heterocycles. The minimum atomic E-state index is 0.586. The molecular formula is C22H32N2O. The predicted octanol–water partition coefficient (Wildman–Crippen LogP) is 4.47. The van der Waals surface area contributed by atoms with E-state index in [0.717, 1.165) is 25.4 Å². The molecule has 2 aromatic carbocycles. The summed E-state index contributed by atoms with van der Waals surface area (Å²) in [5.41, 5.74) is 2.47. The zero-order valence-electron chi connectivity index (χ0n) is 16.0. The normalized spacial score (nSPS) is 11.5. The van der Waals surface area contributed by atoms with Crippen LogP contribution in [0.5, 0.6) is 5.75 Å².